The third-order valence-electron chi connectivity index (χ3n) is 7.21. The molecule has 0 radical (unpaired) electrons. The van der Waals surface area contributed by atoms with Gasteiger partial charge < -0.3 is 25.4 Å². The minimum Gasteiger partial charge on any atom is -0.473 e. The predicted molar refractivity (Wildman–Crippen MR) is 185 cm³/mol. The molecule has 0 aliphatic carbocycles. The number of nitrogens with one attached hydrogen (secondary N) is 3. The van der Waals surface area contributed by atoms with Crippen LogP contribution in [0.1, 0.15) is 41.6 Å². The molecule has 50 heavy (non-hydrogen) atoms. The van der Waals surface area contributed by atoms with Gasteiger partial charge in [0.1, 0.15) is 5.02 Å². The molecule has 14 nitrogen and oxygen atoms in total. The molecule has 5 rings (SSSR count). The Labute approximate surface area is 293 Å². The largest absolute Gasteiger partial charge is 0.473 e. The molecule has 0 aliphatic heterocycles. The van der Waals surface area contributed by atoms with Crippen molar-refractivity contribution in [2.24, 2.45) is 0 Å². The van der Waals surface area contributed by atoms with E-state index in [4.69, 9.17) is 21.1 Å². The number of anilines is 4. The molecule has 3 aromatic carbocycles. The summed E-state index contributed by atoms with van der Waals surface area (Å²) in [6.45, 7) is 0.488. The van der Waals surface area contributed by atoms with Crippen molar-refractivity contribution in [3.05, 3.63) is 101 Å². The highest BCUT2D eigenvalue weighted by atomic mass is 35.5. The molecule has 260 valence electrons. The number of nitrogens with zero attached hydrogens (tertiary/aromatic N) is 4. The SMILES string of the molecule is CNC(=O)c1ccccc1Nc1nc(Nc2cccc(CC(=O)OCCCCCCOc3nonc3S(=O)(=O)c3ccccc3)c2)ncc1Cl. The standard InChI is InChI=1S/C34H34ClN7O7S/c1-36-31(44)26-16-7-8-17-28(26)39-30-27(35)22-37-34(40-30)38-24-13-11-12-23(20-24)21-29(43)47-18-9-2-3-10-19-48-32-33(42-49-41-32)50(45,46)25-14-5-4-6-15-25/h4-8,11-17,20,22H,2-3,9-10,18-19,21H2,1H3,(H,36,44)(H2,37,38,39,40). The number of hydrogen-bond donors (Lipinski definition) is 3. The molecule has 0 fully saturated rings. The van der Waals surface area contributed by atoms with Crippen LogP contribution in [0, 0.1) is 0 Å². The van der Waals surface area contributed by atoms with E-state index in [0.29, 0.717) is 35.6 Å². The number of para-hydroxylation sites is 1. The summed E-state index contributed by atoms with van der Waals surface area (Å²) in [6, 6.07) is 22.1. The van der Waals surface area contributed by atoms with Crippen molar-refractivity contribution in [1.29, 1.82) is 0 Å². The molecule has 0 saturated heterocycles. The van der Waals surface area contributed by atoms with E-state index < -0.39 is 9.84 Å². The van der Waals surface area contributed by atoms with E-state index >= 15 is 0 Å². The van der Waals surface area contributed by atoms with Crippen LogP contribution in [0.2, 0.25) is 5.02 Å². The minimum atomic E-state index is -3.91. The lowest BCUT2D eigenvalue weighted by Gasteiger charge is -2.13. The fourth-order valence-electron chi connectivity index (χ4n) is 4.72. The zero-order chi connectivity index (χ0) is 35.3. The molecular formula is C34H34ClN7O7S. The second-order valence-electron chi connectivity index (χ2n) is 10.8. The zero-order valence-corrected chi connectivity index (χ0v) is 28.5. The molecule has 0 bridgehead atoms. The van der Waals surface area contributed by atoms with Crippen LogP contribution in [0.25, 0.3) is 0 Å². The third kappa shape index (κ3) is 9.54. The van der Waals surface area contributed by atoms with Gasteiger partial charge in [-0.3, -0.25) is 9.59 Å². The van der Waals surface area contributed by atoms with E-state index in [0.717, 1.165) is 18.4 Å². The second kappa shape index (κ2) is 17.2. The van der Waals surface area contributed by atoms with Gasteiger partial charge in [-0.25, -0.2) is 18.0 Å². The van der Waals surface area contributed by atoms with Crippen LogP contribution in [0.5, 0.6) is 5.88 Å². The summed E-state index contributed by atoms with van der Waals surface area (Å²) < 4.78 is 41.1. The van der Waals surface area contributed by atoms with Gasteiger partial charge in [0, 0.05) is 12.7 Å². The van der Waals surface area contributed by atoms with Gasteiger partial charge in [-0.2, -0.15) is 4.98 Å². The van der Waals surface area contributed by atoms with Crippen LogP contribution in [0.4, 0.5) is 23.1 Å². The molecule has 0 atom stereocenters. The van der Waals surface area contributed by atoms with Crippen molar-refractivity contribution in [2.75, 3.05) is 30.9 Å². The summed E-state index contributed by atoms with van der Waals surface area (Å²) in [5, 5.41) is 15.8. The molecule has 1 amide bonds. The number of rotatable bonds is 17. The summed E-state index contributed by atoms with van der Waals surface area (Å²) in [7, 11) is -2.36. The van der Waals surface area contributed by atoms with E-state index in [2.05, 4.69) is 40.9 Å². The molecule has 2 aromatic heterocycles. The lowest BCUT2D eigenvalue weighted by atomic mass is 10.1. The van der Waals surface area contributed by atoms with Crippen LogP contribution in [-0.2, 0) is 25.8 Å². The Morgan fingerprint density at radius 2 is 1.64 bits per heavy atom. The van der Waals surface area contributed by atoms with E-state index in [-0.39, 0.29) is 58.3 Å². The van der Waals surface area contributed by atoms with Gasteiger partial charge >= 0.3 is 5.97 Å². The van der Waals surface area contributed by atoms with Crippen molar-refractivity contribution < 1.29 is 32.1 Å². The number of unbranched alkanes of at least 4 members (excludes halogenated alkanes) is 3. The maximum absolute atomic E-state index is 12.8. The first-order valence-electron chi connectivity index (χ1n) is 15.6. The lowest BCUT2D eigenvalue weighted by Crippen LogP contribution is -2.19. The summed E-state index contributed by atoms with van der Waals surface area (Å²) in [5.74, 6) is -0.227. The number of esters is 1. The summed E-state index contributed by atoms with van der Waals surface area (Å²) in [6.07, 6.45) is 4.35. The van der Waals surface area contributed by atoms with Crippen molar-refractivity contribution in [2.45, 2.75) is 42.0 Å². The van der Waals surface area contributed by atoms with Gasteiger partial charge in [-0.05, 0) is 78.0 Å². The first kappa shape index (κ1) is 35.8. The maximum Gasteiger partial charge on any atom is 0.310 e. The number of sulfone groups is 1. The Balaban J connectivity index is 1.03. The molecule has 16 heteroatoms. The average Bonchev–Trinajstić information content (AvgIpc) is 3.61. The van der Waals surface area contributed by atoms with Gasteiger partial charge in [0.2, 0.25) is 15.8 Å². The number of benzene rings is 3. The zero-order valence-electron chi connectivity index (χ0n) is 27.0. The van der Waals surface area contributed by atoms with Gasteiger partial charge in [0.15, 0.2) is 5.82 Å². The highest BCUT2D eigenvalue weighted by molar-refractivity contribution is 7.91. The van der Waals surface area contributed by atoms with E-state index in [1.165, 1.54) is 18.3 Å². The number of carbonyl (C=O) groups excluding carboxylic acids is 2. The third-order valence-corrected chi connectivity index (χ3v) is 9.13. The Bertz CT molecular complexity index is 2030. The normalized spacial score (nSPS) is 11.1. The monoisotopic (exact) mass is 719 g/mol. The quantitative estimate of drug-likeness (QED) is 0.0760. The number of carbonyl (C=O) groups is 2. The second-order valence-corrected chi connectivity index (χ2v) is 13.1. The number of halogens is 1. The van der Waals surface area contributed by atoms with Crippen molar-refractivity contribution >= 4 is 56.5 Å². The van der Waals surface area contributed by atoms with E-state index in [9.17, 15) is 18.0 Å². The number of hydrogen-bond acceptors (Lipinski definition) is 13. The Morgan fingerprint density at radius 1 is 0.880 bits per heavy atom. The van der Waals surface area contributed by atoms with Gasteiger partial charge in [-0.1, -0.05) is 54.1 Å². The van der Waals surface area contributed by atoms with Crippen LogP contribution >= 0.6 is 11.6 Å². The number of aromatic nitrogens is 4. The fourth-order valence-corrected chi connectivity index (χ4v) is 6.06. The van der Waals surface area contributed by atoms with E-state index in [1.807, 2.05) is 12.1 Å². The first-order valence-corrected chi connectivity index (χ1v) is 17.5. The maximum atomic E-state index is 12.8. The molecule has 2 heterocycles. The molecule has 5 aromatic rings. The smallest absolute Gasteiger partial charge is 0.310 e. The van der Waals surface area contributed by atoms with Gasteiger partial charge in [-0.15, -0.1) is 0 Å². The highest BCUT2D eigenvalue weighted by Crippen LogP contribution is 2.28. The summed E-state index contributed by atoms with van der Waals surface area (Å²) in [4.78, 5) is 33.5. The lowest BCUT2D eigenvalue weighted by molar-refractivity contribution is -0.142. The average molecular weight is 720 g/mol. The van der Waals surface area contributed by atoms with Crippen LogP contribution in [0.3, 0.4) is 0 Å². The minimum absolute atomic E-state index is 0.0679. The van der Waals surface area contributed by atoms with Gasteiger partial charge in [0.05, 0.1) is 42.0 Å². The predicted octanol–water partition coefficient (Wildman–Crippen LogP) is 5.92. The number of amides is 1. The van der Waals surface area contributed by atoms with Crippen LogP contribution < -0.4 is 20.7 Å². The van der Waals surface area contributed by atoms with Crippen LogP contribution in [-0.4, -0.2) is 60.8 Å². The highest BCUT2D eigenvalue weighted by Gasteiger charge is 2.28. The molecule has 0 aliphatic rings. The van der Waals surface area contributed by atoms with Crippen molar-refractivity contribution in [3.63, 3.8) is 0 Å². The molecule has 3 N–H and O–H groups in total. The van der Waals surface area contributed by atoms with Crippen molar-refractivity contribution in [3.8, 4) is 5.88 Å². The Hall–Kier alpha value is -5.54. The molecular weight excluding hydrogens is 686 g/mol. The van der Waals surface area contributed by atoms with Crippen LogP contribution in [0.15, 0.2) is 99.6 Å². The Kier molecular flexibility index (Phi) is 12.3. The first-order chi connectivity index (χ1) is 24.2. The molecule has 0 spiro atoms. The van der Waals surface area contributed by atoms with Gasteiger partial charge in [0.25, 0.3) is 16.8 Å². The number of ether oxygens (including phenoxy) is 2. The summed E-state index contributed by atoms with van der Waals surface area (Å²) in [5.41, 5.74) is 2.35. The fraction of sp³-hybridized carbons (Fsp3) is 0.235. The molecule has 0 saturated carbocycles. The topological polar surface area (TPSA) is 188 Å². The van der Waals surface area contributed by atoms with E-state index in [1.54, 1.807) is 61.6 Å². The van der Waals surface area contributed by atoms with Crippen molar-refractivity contribution in [1.82, 2.24) is 25.6 Å². The Morgan fingerprint density at radius 3 is 2.44 bits per heavy atom. The molecule has 0 unspecified atom stereocenters. The summed E-state index contributed by atoms with van der Waals surface area (Å²) >= 11 is 6.34.